The van der Waals surface area contributed by atoms with Gasteiger partial charge in [0.2, 0.25) is 0 Å². The van der Waals surface area contributed by atoms with E-state index in [0.29, 0.717) is 0 Å². The molecule has 0 aromatic heterocycles. The molecule has 1 N–H and O–H groups in total. The van der Waals surface area contributed by atoms with Gasteiger partial charge in [0.1, 0.15) is 0 Å². The molecule has 0 aliphatic heterocycles. The summed E-state index contributed by atoms with van der Waals surface area (Å²) in [5, 5.41) is 9.88. The van der Waals surface area contributed by atoms with Gasteiger partial charge in [0.25, 0.3) is 0 Å². The largest absolute Gasteiger partial charge is 0.390 e. The SMILES string of the molecule is CC(C)(O)C(C)(C)C1CCC1. The zero-order chi connectivity index (χ0) is 8.70. The summed E-state index contributed by atoms with van der Waals surface area (Å²) < 4.78 is 0. The van der Waals surface area contributed by atoms with Gasteiger partial charge in [-0.3, -0.25) is 0 Å². The fourth-order valence-corrected chi connectivity index (χ4v) is 1.63. The van der Waals surface area contributed by atoms with Crippen molar-refractivity contribution >= 4 is 0 Å². The second kappa shape index (κ2) is 2.48. The van der Waals surface area contributed by atoms with Gasteiger partial charge in [-0.25, -0.2) is 0 Å². The first kappa shape index (κ1) is 9.05. The second-order valence-electron chi connectivity index (χ2n) is 4.91. The molecule has 0 saturated heterocycles. The fraction of sp³-hybridized carbons (Fsp3) is 1.00. The van der Waals surface area contributed by atoms with E-state index in [1.54, 1.807) is 0 Å². The molecule has 1 aliphatic carbocycles. The van der Waals surface area contributed by atoms with Crippen LogP contribution in [0, 0.1) is 11.3 Å². The quantitative estimate of drug-likeness (QED) is 0.651. The van der Waals surface area contributed by atoms with Gasteiger partial charge in [-0.15, -0.1) is 0 Å². The normalized spacial score (nSPS) is 21.5. The van der Waals surface area contributed by atoms with Crippen LogP contribution in [0.2, 0.25) is 0 Å². The summed E-state index contributed by atoms with van der Waals surface area (Å²) in [6, 6.07) is 0. The van der Waals surface area contributed by atoms with E-state index in [4.69, 9.17) is 0 Å². The van der Waals surface area contributed by atoms with Crippen LogP contribution in [0.4, 0.5) is 0 Å². The highest BCUT2D eigenvalue weighted by Gasteiger charge is 2.43. The molecular weight excluding hydrogens is 136 g/mol. The molecule has 0 atom stereocenters. The fourth-order valence-electron chi connectivity index (χ4n) is 1.63. The molecule has 1 heteroatoms. The van der Waals surface area contributed by atoms with Gasteiger partial charge < -0.3 is 5.11 Å². The van der Waals surface area contributed by atoms with Crippen LogP contribution in [0.5, 0.6) is 0 Å². The van der Waals surface area contributed by atoms with Crippen LogP contribution in [0.3, 0.4) is 0 Å². The lowest BCUT2D eigenvalue weighted by Crippen LogP contribution is -2.46. The Morgan fingerprint density at radius 2 is 1.55 bits per heavy atom. The third-order valence-electron chi connectivity index (χ3n) is 3.70. The van der Waals surface area contributed by atoms with Crippen molar-refractivity contribution in [1.82, 2.24) is 0 Å². The predicted molar refractivity (Wildman–Crippen MR) is 47.4 cm³/mol. The average Bonchev–Trinajstić information content (AvgIpc) is 1.53. The van der Waals surface area contributed by atoms with Crippen LogP contribution in [0.15, 0.2) is 0 Å². The van der Waals surface area contributed by atoms with E-state index in [1.165, 1.54) is 19.3 Å². The summed E-state index contributed by atoms with van der Waals surface area (Å²) in [5.74, 6) is 0.738. The maximum Gasteiger partial charge on any atom is 0.0645 e. The molecule has 0 radical (unpaired) electrons. The Labute approximate surface area is 69.8 Å². The standard InChI is InChI=1S/C10H20O/c1-9(2,10(3,4)11)8-6-5-7-8/h8,11H,5-7H2,1-4H3. The van der Waals surface area contributed by atoms with Gasteiger partial charge in [-0.1, -0.05) is 20.3 Å². The Morgan fingerprint density at radius 1 is 1.09 bits per heavy atom. The van der Waals surface area contributed by atoms with Crippen LogP contribution in [0.1, 0.15) is 47.0 Å². The summed E-state index contributed by atoms with van der Waals surface area (Å²) in [7, 11) is 0. The molecule has 0 heterocycles. The summed E-state index contributed by atoms with van der Waals surface area (Å²) in [6.07, 6.45) is 3.96. The molecule has 11 heavy (non-hydrogen) atoms. The van der Waals surface area contributed by atoms with Crippen molar-refractivity contribution in [3.63, 3.8) is 0 Å². The molecule has 0 aromatic rings. The van der Waals surface area contributed by atoms with E-state index in [0.717, 1.165) is 5.92 Å². The number of hydrogen-bond donors (Lipinski definition) is 1. The third kappa shape index (κ3) is 1.44. The van der Waals surface area contributed by atoms with E-state index >= 15 is 0 Å². The molecule has 66 valence electrons. The molecule has 1 saturated carbocycles. The van der Waals surface area contributed by atoms with E-state index in [9.17, 15) is 5.11 Å². The summed E-state index contributed by atoms with van der Waals surface area (Å²) >= 11 is 0. The molecular formula is C10H20O. The van der Waals surface area contributed by atoms with Crippen LogP contribution in [0.25, 0.3) is 0 Å². The van der Waals surface area contributed by atoms with Crippen molar-refractivity contribution in [2.45, 2.75) is 52.6 Å². The first-order valence-electron chi connectivity index (χ1n) is 4.58. The predicted octanol–water partition coefficient (Wildman–Crippen LogP) is 2.58. The van der Waals surface area contributed by atoms with Gasteiger partial charge in [0, 0.05) is 0 Å². The van der Waals surface area contributed by atoms with Crippen LogP contribution in [-0.4, -0.2) is 10.7 Å². The van der Waals surface area contributed by atoms with Crippen molar-refractivity contribution in [1.29, 1.82) is 0 Å². The smallest absolute Gasteiger partial charge is 0.0645 e. The first-order valence-corrected chi connectivity index (χ1v) is 4.58. The van der Waals surface area contributed by atoms with Crippen molar-refractivity contribution in [2.24, 2.45) is 11.3 Å². The lowest BCUT2D eigenvalue weighted by Gasteiger charge is -2.47. The summed E-state index contributed by atoms with van der Waals surface area (Å²) in [5.41, 5.74) is -0.441. The molecule has 1 nitrogen and oxygen atoms in total. The topological polar surface area (TPSA) is 20.2 Å². The van der Waals surface area contributed by atoms with Gasteiger partial charge in [-0.2, -0.15) is 0 Å². The minimum absolute atomic E-state index is 0.0885. The Morgan fingerprint density at radius 3 is 1.64 bits per heavy atom. The Hall–Kier alpha value is -0.0400. The minimum atomic E-state index is -0.530. The van der Waals surface area contributed by atoms with Gasteiger partial charge in [0.05, 0.1) is 5.60 Å². The zero-order valence-electron chi connectivity index (χ0n) is 8.15. The summed E-state index contributed by atoms with van der Waals surface area (Å²) in [6.45, 7) is 8.20. The Balaban J connectivity index is 2.64. The molecule has 1 rings (SSSR count). The van der Waals surface area contributed by atoms with Crippen molar-refractivity contribution in [2.75, 3.05) is 0 Å². The molecule has 1 aliphatic rings. The maximum atomic E-state index is 9.88. The highest BCUT2D eigenvalue weighted by atomic mass is 16.3. The van der Waals surface area contributed by atoms with Gasteiger partial charge in [-0.05, 0) is 38.0 Å². The maximum absolute atomic E-state index is 9.88. The van der Waals surface area contributed by atoms with Gasteiger partial charge in [0.15, 0.2) is 0 Å². The number of hydrogen-bond acceptors (Lipinski definition) is 1. The first-order chi connectivity index (χ1) is 4.86. The lowest BCUT2D eigenvalue weighted by molar-refractivity contribution is -0.0880. The molecule has 0 amide bonds. The average molecular weight is 156 g/mol. The van der Waals surface area contributed by atoms with Crippen molar-refractivity contribution in [3.05, 3.63) is 0 Å². The highest BCUT2D eigenvalue weighted by molar-refractivity contribution is 4.94. The number of aliphatic hydroxyl groups is 1. The van der Waals surface area contributed by atoms with E-state index in [1.807, 2.05) is 13.8 Å². The van der Waals surface area contributed by atoms with E-state index < -0.39 is 5.60 Å². The van der Waals surface area contributed by atoms with Crippen molar-refractivity contribution < 1.29 is 5.11 Å². The molecule has 0 spiro atoms. The lowest BCUT2D eigenvalue weighted by atomic mass is 9.60. The highest BCUT2D eigenvalue weighted by Crippen LogP contribution is 2.47. The van der Waals surface area contributed by atoms with E-state index in [2.05, 4.69) is 13.8 Å². The summed E-state index contributed by atoms with van der Waals surface area (Å²) in [4.78, 5) is 0. The molecule has 1 fully saturated rings. The minimum Gasteiger partial charge on any atom is -0.390 e. The molecule has 0 aromatic carbocycles. The van der Waals surface area contributed by atoms with Crippen LogP contribution in [-0.2, 0) is 0 Å². The van der Waals surface area contributed by atoms with Crippen molar-refractivity contribution in [3.8, 4) is 0 Å². The second-order valence-corrected chi connectivity index (χ2v) is 4.91. The zero-order valence-corrected chi connectivity index (χ0v) is 8.15. The van der Waals surface area contributed by atoms with Gasteiger partial charge >= 0.3 is 0 Å². The molecule has 0 bridgehead atoms. The third-order valence-corrected chi connectivity index (χ3v) is 3.70. The van der Waals surface area contributed by atoms with E-state index in [-0.39, 0.29) is 5.41 Å². The molecule has 0 unspecified atom stereocenters. The monoisotopic (exact) mass is 156 g/mol. The Bertz CT molecular complexity index is 137. The van der Waals surface area contributed by atoms with Crippen LogP contribution < -0.4 is 0 Å². The number of rotatable bonds is 2. The van der Waals surface area contributed by atoms with Crippen LogP contribution >= 0.6 is 0 Å². The Kier molecular flexibility index (Phi) is 2.04.